The summed E-state index contributed by atoms with van der Waals surface area (Å²) in [5, 5.41) is 2.85. The summed E-state index contributed by atoms with van der Waals surface area (Å²) in [5.74, 6) is 0.00284. The Labute approximate surface area is 102 Å². The number of carbonyl (C=O) groups is 1. The SMILES string of the molecule is COC(C)CCC(=O)Nc1cccc(CN)c1. The van der Waals surface area contributed by atoms with Crippen LogP contribution in [0.2, 0.25) is 0 Å². The number of ether oxygens (including phenoxy) is 1. The molecule has 3 N–H and O–H groups in total. The molecule has 1 aromatic carbocycles. The summed E-state index contributed by atoms with van der Waals surface area (Å²) in [6.07, 6.45) is 1.29. The first-order chi connectivity index (χ1) is 8.15. The monoisotopic (exact) mass is 236 g/mol. The molecule has 0 heterocycles. The maximum atomic E-state index is 11.6. The van der Waals surface area contributed by atoms with Crippen LogP contribution in [0, 0.1) is 0 Å². The first-order valence-corrected chi connectivity index (χ1v) is 5.77. The van der Waals surface area contributed by atoms with Crippen LogP contribution in [0.5, 0.6) is 0 Å². The molecule has 0 bridgehead atoms. The fourth-order valence-corrected chi connectivity index (χ4v) is 1.45. The topological polar surface area (TPSA) is 64.3 Å². The van der Waals surface area contributed by atoms with Crippen LogP contribution in [0.25, 0.3) is 0 Å². The van der Waals surface area contributed by atoms with Crippen molar-refractivity contribution < 1.29 is 9.53 Å². The van der Waals surface area contributed by atoms with Crippen LogP contribution in [0.4, 0.5) is 5.69 Å². The van der Waals surface area contributed by atoms with Crippen LogP contribution in [0.1, 0.15) is 25.3 Å². The molecule has 0 aliphatic carbocycles. The quantitative estimate of drug-likeness (QED) is 0.793. The van der Waals surface area contributed by atoms with Crippen molar-refractivity contribution in [3.63, 3.8) is 0 Å². The second-order valence-electron chi connectivity index (χ2n) is 4.04. The Morgan fingerprint density at radius 1 is 1.53 bits per heavy atom. The highest BCUT2D eigenvalue weighted by Gasteiger charge is 2.06. The van der Waals surface area contributed by atoms with Crippen LogP contribution in [-0.4, -0.2) is 19.1 Å². The second kappa shape index (κ2) is 7.04. The van der Waals surface area contributed by atoms with Gasteiger partial charge < -0.3 is 15.8 Å². The van der Waals surface area contributed by atoms with Crippen LogP contribution < -0.4 is 11.1 Å². The largest absolute Gasteiger partial charge is 0.382 e. The molecule has 4 heteroatoms. The summed E-state index contributed by atoms with van der Waals surface area (Å²) in [6, 6.07) is 7.56. The third-order valence-electron chi connectivity index (χ3n) is 2.63. The van der Waals surface area contributed by atoms with Gasteiger partial charge in [0.05, 0.1) is 6.10 Å². The normalized spacial score (nSPS) is 12.2. The fraction of sp³-hybridized carbons (Fsp3) is 0.462. The van der Waals surface area contributed by atoms with Gasteiger partial charge in [-0.25, -0.2) is 0 Å². The molecule has 4 nitrogen and oxygen atoms in total. The molecule has 0 radical (unpaired) electrons. The highest BCUT2D eigenvalue weighted by molar-refractivity contribution is 5.90. The van der Waals surface area contributed by atoms with Crippen LogP contribution in [0.15, 0.2) is 24.3 Å². The lowest BCUT2D eigenvalue weighted by Crippen LogP contribution is -2.15. The average molecular weight is 236 g/mol. The van der Waals surface area contributed by atoms with Crippen LogP contribution in [-0.2, 0) is 16.1 Å². The van der Waals surface area contributed by atoms with E-state index >= 15 is 0 Å². The molecule has 0 aliphatic heterocycles. The fourth-order valence-electron chi connectivity index (χ4n) is 1.45. The van der Waals surface area contributed by atoms with E-state index < -0.39 is 0 Å². The van der Waals surface area contributed by atoms with E-state index in [9.17, 15) is 4.79 Å². The molecule has 0 saturated heterocycles. The molecule has 0 spiro atoms. The molecule has 0 aromatic heterocycles. The number of nitrogens with two attached hydrogens (primary N) is 1. The van der Waals surface area contributed by atoms with E-state index in [0.717, 1.165) is 17.7 Å². The Balaban J connectivity index is 2.44. The molecule has 0 saturated carbocycles. The number of hydrogen-bond donors (Lipinski definition) is 2. The van der Waals surface area contributed by atoms with Crippen molar-refractivity contribution in [2.75, 3.05) is 12.4 Å². The average Bonchev–Trinajstić information content (AvgIpc) is 2.36. The van der Waals surface area contributed by atoms with Crippen molar-refractivity contribution in [1.29, 1.82) is 0 Å². The molecule has 17 heavy (non-hydrogen) atoms. The molecular weight excluding hydrogens is 216 g/mol. The summed E-state index contributed by atoms with van der Waals surface area (Å²) in [5.41, 5.74) is 7.34. The highest BCUT2D eigenvalue weighted by Crippen LogP contribution is 2.11. The van der Waals surface area contributed by atoms with E-state index in [0.29, 0.717) is 13.0 Å². The smallest absolute Gasteiger partial charge is 0.224 e. The lowest BCUT2D eigenvalue weighted by molar-refractivity contribution is -0.116. The number of methoxy groups -OCH3 is 1. The van der Waals surface area contributed by atoms with E-state index in [1.54, 1.807) is 7.11 Å². The molecule has 1 aromatic rings. The maximum Gasteiger partial charge on any atom is 0.224 e. The molecule has 1 rings (SSSR count). The Morgan fingerprint density at radius 3 is 2.94 bits per heavy atom. The van der Waals surface area contributed by atoms with Gasteiger partial charge in [0.1, 0.15) is 0 Å². The molecule has 1 atom stereocenters. The second-order valence-corrected chi connectivity index (χ2v) is 4.04. The standard InChI is InChI=1S/C13H20N2O2/c1-10(17-2)6-7-13(16)15-12-5-3-4-11(8-12)9-14/h3-5,8,10H,6-7,9,14H2,1-2H3,(H,15,16). The van der Waals surface area contributed by atoms with Gasteiger partial charge in [0.2, 0.25) is 5.91 Å². The van der Waals surface area contributed by atoms with Gasteiger partial charge in [0.25, 0.3) is 0 Å². The van der Waals surface area contributed by atoms with Gasteiger partial charge in [-0.1, -0.05) is 12.1 Å². The van der Waals surface area contributed by atoms with E-state index in [-0.39, 0.29) is 12.0 Å². The first kappa shape index (κ1) is 13.7. The number of benzene rings is 1. The zero-order valence-corrected chi connectivity index (χ0v) is 10.4. The minimum Gasteiger partial charge on any atom is -0.382 e. The molecule has 0 aliphatic rings. The highest BCUT2D eigenvalue weighted by atomic mass is 16.5. The van der Waals surface area contributed by atoms with Gasteiger partial charge in [-0.2, -0.15) is 0 Å². The number of anilines is 1. The van der Waals surface area contributed by atoms with Crippen molar-refractivity contribution >= 4 is 11.6 Å². The zero-order chi connectivity index (χ0) is 12.7. The Bertz CT molecular complexity index is 366. The van der Waals surface area contributed by atoms with E-state index in [1.165, 1.54) is 0 Å². The molecule has 94 valence electrons. The minimum absolute atomic E-state index is 0.00284. The molecule has 1 amide bonds. The third kappa shape index (κ3) is 4.97. The molecule has 1 unspecified atom stereocenters. The predicted molar refractivity (Wildman–Crippen MR) is 68.7 cm³/mol. The van der Waals surface area contributed by atoms with Crippen molar-refractivity contribution in [3.05, 3.63) is 29.8 Å². The molecular formula is C13H20N2O2. The van der Waals surface area contributed by atoms with Gasteiger partial charge in [-0.15, -0.1) is 0 Å². The summed E-state index contributed by atoms with van der Waals surface area (Å²) in [6.45, 7) is 2.42. The van der Waals surface area contributed by atoms with Gasteiger partial charge in [0.15, 0.2) is 0 Å². The van der Waals surface area contributed by atoms with E-state index in [1.807, 2.05) is 31.2 Å². The van der Waals surface area contributed by atoms with Crippen molar-refractivity contribution in [2.24, 2.45) is 5.73 Å². The van der Waals surface area contributed by atoms with Gasteiger partial charge in [0, 0.05) is 25.8 Å². The minimum atomic E-state index is 0.00284. The number of amides is 1. The number of carbonyl (C=O) groups excluding carboxylic acids is 1. The van der Waals surface area contributed by atoms with Crippen molar-refractivity contribution in [3.8, 4) is 0 Å². The van der Waals surface area contributed by atoms with Crippen molar-refractivity contribution in [2.45, 2.75) is 32.4 Å². The third-order valence-corrected chi connectivity index (χ3v) is 2.63. The maximum absolute atomic E-state index is 11.6. The van der Waals surface area contributed by atoms with Crippen LogP contribution >= 0.6 is 0 Å². The van der Waals surface area contributed by atoms with E-state index in [2.05, 4.69) is 5.32 Å². The summed E-state index contributed by atoms with van der Waals surface area (Å²) >= 11 is 0. The van der Waals surface area contributed by atoms with Gasteiger partial charge >= 0.3 is 0 Å². The van der Waals surface area contributed by atoms with Crippen LogP contribution in [0.3, 0.4) is 0 Å². The lowest BCUT2D eigenvalue weighted by Gasteiger charge is -2.10. The van der Waals surface area contributed by atoms with Gasteiger partial charge in [-0.05, 0) is 31.0 Å². The van der Waals surface area contributed by atoms with Crippen molar-refractivity contribution in [1.82, 2.24) is 0 Å². The summed E-state index contributed by atoms with van der Waals surface area (Å²) < 4.78 is 5.09. The number of hydrogen-bond acceptors (Lipinski definition) is 3. The predicted octanol–water partition coefficient (Wildman–Crippen LogP) is 1.90. The Hall–Kier alpha value is -1.39. The molecule has 0 fully saturated rings. The summed E-state index contributed by atoms with van der Waals surface area (Å²) in [4.78, 5) is 11.6. The zero-order valence-electron chi connectivity index (χ0n) is 10.4. The number of nitrogens with one attached hydrogen (secondary N) is 1. The Kier molecular flexibility index (Phi) is 5.66. The summed E-state index contributed by atoms with van der Waals surface area (Å²) in [7, 11) is 1.65. The lowest BCUT2D eigenvalue weighted by atomic mass is 10.2. The van der Waals surface area contributed by atoms with E-state index in [4.69, 9.17) is 10.5 Å². The first-order valence-electron chi connectivity index (χ1n) is 5.77. The number of rotatable bonds is 6. The Morgan fingerprint density at radius 2 is 2.29 bits per heavy atom. The van der Waals surface area contributed by atoms with Gasteiger partial charge in [-0.3, -0.25) is 4.79 Å².